The van der Waals surface area contributed by atoms with Crippen molar-refractivity contribution >= 4 is 24.8 Å². The van der Waals surface area contributed by atoms with Crippen molar-refractivity contribution in [2.75, 3.05) is 6.61 Å². The summed E-state index contributed by atoms with van der Waals surface area (Å²) in [6, 6.07) is -0.446. The molecule has 0 aliphatic heterocycles. The standard InChI is InChI=1S/C12H20NO7P/c1-2-20-21(18,19)12(16)8-7-11(15)13(17)9-3-5-10(14)6-4-9/h9,17H,2-8H2,1H3,(H,18,19). The quantitative estimate of drug-likeness (QED) is 0.411. The van der Waals surface area contributed by atoms with E-state index in [4.69, 9.17) is 0 Å². The highest BCUT2D eigenvalue weighted by Gasteiger charge is 2.32. The molecule has 1 aliphatic carbocycles. The summed E-state index contributed by atoms with van der Waals surface area (Å²) in [5, 5.41) is 10.3. The molecule has 0 heterocycles. The Hall–Kier alpha value is -1.08. The lowest BCUT2D eigenvalue weighted by molar-refractivity contribution is -0.179. The minimum Gasteiger partial charge on any atom is -0.319 e. The van der Waals surface area contributed by atoms with Crippen LogP contribution in [0.1, 0.15) is 45.4 Å². The number of Topliss-reactive ketones (excluding diaryl/α,β-unsaturated/α-hetero) is 1. The fourth-order valence-electron chi connectivity index (χ4n) is 2.09. The third-order valence-electron chi connectivity index (χ3n) is 3.29. The molecule has 1 unspecified atom stereocenters. The molecule has 0 saturated heterocycles. The first-order valence-electron chi connectivity index (χ1n) is 6.81. The van der Waals surface area contributed by atoms with Crippen LogP contribution in [0.2, 0.25) is 0 Å². The SMILES string of the molecule is CCOP(=O)(O)C(=O)CCC(=O)N(O)C1CCC(=O)CC1. The van der Waals surface area contributed by atoms with Gasteiger partial charge in [-0.25, -0.2) is 5.06 Å². The molecular formula is C12H20NO7P. The number of ketones is 1. The Balaban J connectivity index is 2.44. The van der Waals surface area contributed by atoms with Crippen LogP contribution in [0.4, 0.5) is 0 Å². The molecule has 21 heavy (non-hydrogen) atoms. The van der Waals surface area contributed by atoms with Crippen LogP contribution in [0.25, 0.3) is 0 Å². The Morgan fingerprint density at radius 2 is 1.90 bits per heavy atom. The van der Waals surface area contributed by atoms with E-state index in [2.05, 4.69) is 4.52 Å². The number of carbonyl (C=O) groups is 3. The predicted molar refractivity (Wildman–Crippen MR) is 71.6 cm³/mol. The van der Waals surface area contributed by atoms with E-state index < -0.39 is 31.5 Å². The molecule has 120 valence electrons. The molecule has 8 nitrogen and oxygen atoms in total. The Morgan fingerprint density at radius 3 is 2.43 bits per heavy atom. The van der Waals surface area contributed by atoms with Crippen molar-refractivity contribution in [1.29, 1.82) is 0 Å². The highest BCUT2D eigenvalue weighted by Crippen LogP contribution is 2.44. The largest absolute Gasteiger partial charge is 0.394 e. The van der Waals surface area contributed by atoms with Gasteiger partial charge in [0.2, 0.25) is 11.4 Å². The van der Waals surface area contributed by atoms with E-state index in [1.807, 2.05) is 0 Å². The van der Waals surface area contributed by atoms with Crippen LogP contribution in [-0.4, -0.2) is 45.0 Å². The maximum absolute atomic E-state index is 11.7. The number of carbonyl (C=O) groups excluding carboxylic acids is 3. The van der Waals surface area contributed by atoms with E-state index >= 15 is 0 Å². The molecule has 0 radical (unpaired) electrons. The van der Waals surface area contributed by atoms with Crippen LogP contribution in [0.5, 0.6) is 0 Å². The topological polar surface area (TPSA) is 121 Å². The molecular weight excluding hydrogens is 301 g/mol. The number of hydroxylamine groups is 2. The summed E-state index contributed by atoms with van der Waals surface area (Å²) in [5.74, 6) is -0.612. The molecule has 1 amide bonds. The Kier molecular flexibility index (Phi) is 6.67. The van der Waals surface area contributed by atoms with Gasteiger partial charge in [0.25, 0.3) is 0 Å². The van der Waals surface area contributed by atoms with Crippen LogP contribution < -0.4 is 0 Å². The van der Waals surface area contributed by atoms with Gasteiger partial charge in [-0.15, -0.1) is 0 Å². The summed E-state index contributed by atoms with van der Waals surface area (Å²) in [7, 11) is -4.35. The van der Waals surface area contributed by atoms with E-state index in [0.29, 0.717) is 30.7 Å². The molecule has 0 bridgehead atoms. The normalized spacial score (nSPS) is 19.1. The van der Waals surface area contributed by atoms with Crippen molar-refractivity contribution in [3.63, 3.8) is 0 Å². The van der Waals surface area contributed by atoms with E-state index in [-0.39, 0.29) is 18.8 Å². The number of hydrogen-bond donors (Lipinski definition) is 2. The highest BCUT2D eigenvalue weighted by atomic mass is 31.2. The first kappa shape index (κ1) is 18.0. The smallest absolute Gasteiger partial charge is 0.319 e. The average molecular weight is 321 g/mol. The van der Waals surface area contributed by atoms with Gasteiger partial charge >= 0.3 is 7.60 Å². The predicted octanol–water partition coefficient (Wildman–Crippen LogP) is 1.24. The monoisotopic (exact) mass is 321 g/mol. The first-order chi connectivity index (χ1) is 9.77. The number of nitrogens with zero attached hydrogens (tertiary/aromatic N) is 1. The molecule has 2 N–H and O–H groups in total. The molecule has 9 heteroatoms. The Morgan fingerprint density at radius 1 is 1.33 bits per heavy atom. The van der Waals surface area contributed by atoms with Gasteiger partial charge in [-0.2, -0.15) is 0 Å². The molecule has 1 aliphatic rings. The zero-order valence-electron chi connectivity index (χ0n) is 11.9. The number of amides is 1. The number of rotatable bonds is 7. The fourth-order valence-corrected chi connectivity index (χ4v) is 2.98. The van der Waals surface area contributed by atoms with Gasteiger partial charge in [-0.1, -0.05) is 0 Å². The first-order valence-corrected chi connectivity index (χ1v) is 8.39. The van der Waals surface area contributed by atoms with Crippen molar-refractivity contribution < 1.29 is 33.6 Å². The Labute approximate surface area is 122 Å². The van der Waals surface area contributed by atoms with Crippen LogP contribution in [0.15, 0.2) is 0 Å². The summed E-state index contributed by atoms with van der Waals surface area (Å²) < 4.78 is 15.8. The molecule has 1 atom stereocenters. The summed E-state index contributed by atoms with van der Waals surface area (Å²) >= 11 is 0. The molecule has 0 spiro atoms. The van der Waals surface area contributed by atoms with Gasteiger partial charge in [0.15, 0.2) is 0 Å². The van der Waals surface area contributed by atoms with E-state index in [1.165, 1.54) is 6.92 Å². The molecule has 0 aromatic heterocycles. The van der Waals surface area contributed by atoms with Crippen molar-refractivity contribution in [2.24, 2.45) is 0 Å². The molecule has 0 aromatic rings. The van der Waals surface area contributed by atoms with Crippen LogP contribution in [0, 0.1) is 0 Å². The molecule has 0 aromatic carbocycles. The van der Waals surface area contributed by atoms with Gasteiger partial charge in [-0.3, -0.25) is 24.2 Å². The van der Waals surface area contributed by atoms with Crippen LogP contribution >= 0.6 is 7.60 Å². The zero-order valence-corrected chi connectivity index (χ0v) is 12.8. The lowest BCUT2D eigenvalue weighted by atomic mass is 9.94. The lowest BCUT2D eigenvalue weighted by Gasteiger charge is -2.28. The van der Waals surface area contributed by atoms with Crippen molar-refractivity contribution in [3.8, 4) is 0 Å². The minimum absolute atomic E-state index is 0.0876. The van der Waals surface area contributed by atoms with Gasteiger partial charge < -0.3 is 9.42 Å². The van der Waals surface area contributed by atoms with Gasteiger partial charge in [0.05, 0.1) is 12.6 Å². The fraction of sp³-hybridized carbons (Fsp3) is 0.750. The summed E-state index contributed by atoms with van der Waals surface area (Å²) in [5.41, 5.74) is -1.05. The average Bonchev–Trinajstić information content (AvgIpc) is 2.44. The van der Waals surface area contributed by atoms with Crippen molar-refractivity contribution in [3.05, 3.63) is 0 Å². The van der Waals surface area contributed by atoms with Crippen molar-refractivity contribution in [1.82, 2.24) is 5.06 Å². The lowest BCUT2D eigenvalue weighted by Crippen LogP contribution is -2.40. The second kappa shape index (κ2) is 7.79. The van der Waals surface area contributed by atoms with E-state index in [0.717, 1.165) is 0 Å². The van der Waals surface area contributed by atoms with Crippen LogP contribution in [0.3, 0.4) is 0 Å². The van der Waals surface area contributed by atoms with Gasteiger partial charge in [0, 0.05) is 25.7 Å². The maximum atomic E-state index is 11.7. The minimum atomic E-state index is -4.35. The van der Waals surface area contributed by atoms with Gasteiger partial charge in [-0.05, 0) is 19.8 Å². The molecule has 1 rings (SSSR count). The summed E-state index contributed by atoms with van der Waals surface area (Å²) in [4.78, 5) is 43.6. The molecule has 1 fully saturated rings. The molecule has 1 saturated carbocycles. The zero-order chi connectivity index (χ0) is 16.0. The second-order valence-corrected chi connectivity index (χ2v) is 6.64. The summed E-state index contributed by atoms with van der Waals surface area (Å²) in [6.45, 7) is 1.39. The van der Waals surface area contributed by atoms with E-state index in [1.54, 1.807) is 0 Å². The third kappa shape index (κ3) is 5.32. The highest BCUT2D eigenvalue weighted by molar-refractivity contribution is 7.70. The number of hydrogen-bond acceptors (Lipinski definition) is 6. The van der Waals surface area contributed by atoms with Gasteiger partial charge in [0.1, 0.15) is 5.78 Å². The van der Waals surface area contributed by atoms with Crippen molar-refractivity contribution in [2.45, 2.75) is 51.5 Å². The second-order valence-electron chi connectivity index (χ2n) is 4.84. The third-order valence-corrected chi connectivity index (χ3v) is 4.75. The maximum Gasteiger partial charge on any atom is 0.394 e. The van der Waals surface area contributed by atoms with Crippen LogP contribution in [-0.2, 0) is 23.5 Å². The summed E-state index contributed by atoms with van der Waals surface area (Å²) in [6.07, 6.45) is 0.528. The Bertz CT molecular complexity index is 455. The van der Waals surface area contributed by atoms with E-state index in [9.17, 15) is 29.0 Å².